The van der Waals surface area contributed by atoms with E-state index in [0.717, 1.165) is 24.0 Å². The van der Waals surface area contributed by atoms with E-state index in [0.29, 0.717) is 48.4 Å². The Bertz CT molecular complexity index is 1080. The summed E-state index contributed by atoms with van der Waals surface area (Å²) in [6.07, 6.45) is 4.20. The largest absolute Gasteiger partial charge is 0.352 e. The molecule has 1 aliphatic heterocycles. The summed E-state index contributed by atoms with van der Waals surface area (Å²) >= 11 is 0. The zero-order valence-corrected chi connectivity index (χ0v) is 19.0. The molecule has 0 aromatic heterocycles. The van der Waals surface area contributed by atoms with Crippen LogP contribution in [0.4, 0.5) is 0 Å². The number of amides is 1. The molecule has 2 unspecified atom stereocenters. The van der Waals surface area contributed by atoms with Crippen LogP contribution in [0, 0.1) is 11.8 Å². The number of carbonyl (C=O) groups is 1. The number of rotatable bonds is 6. The minimum absolute atomic E-state index is 0.0878. The number of carbonyl (C=O) groups excluding carboxylic acids is 1. The predicted molar refractivity (Wildman–Crippen MR) is 123 cm³/mol. The van der Waals surface area contributed by atoms with Crippen molar-refractivity contribution < 1.29 is 13.2 Å². The second-order valence-electron chi connectivity index (χ2n) is 8.97. The topological polar surface area (TPSA) is 66.5 Å². The monoisotopic (exact) mass is 438 g/mol. The van der Waals surface area contributed by atoms with Gasteiger partial charge in [0.2, 0.25) is 15.9 Å². The van der Waals surface area contributed by atoms with Crippen molar-refractivity contribution in [2.45, 2.75) is 38.0 Å². The van der Waals surface area contributed by atoms with Crippen molar-refractivity contribution in [1.29, 1.82) is 0 Å². The number of fused-ring (bicyclic) bond motifs is 1. The summed E-state index contributed by atoms with van der Waals surface area (Å²) in [4.78, 5) is 12.9. The van der Waals surface area contributed by atoms with Gasteiger partial charge in [-0.3, -0.25) is 4.79 Å². The van der Waals surface area contributed by atoms with Gasteiger partial charge in [0.25, 0.3) is 0 Å². The fraction of sp³-hybridized carbons (Fsp3) is 0.400. The summed E-state index contributed by atoms with van der Waals surface area (Å²) in [7, 11) is -3.53. The highest BCUT2D eigenvalue weighted by atomic mass is 32.2. The number of hydrogen-bond acceptors (Lipinski definition) is 3. The smallest absolute Gasteiger partial charge is 0.247 e. The van der Waals surface area contributed by atoms with E-state index in [1.807, 2.05) is 42.5 Å². The first-order valence-electron chi connectivity index (χ1n) is 11.0. The first-order valence-corrected chi connectivity index (χ1v) is 12.4. The molecule has 31 heavy (non-hydrogen) atoms. The summed E-state index contributed by atoms with van der Waals surface area (Å²) in [6, 6.07) is 15.3. The number of sulfonamides is 1. The Hall–Kier alpha value is -2.44. The minimum atomic E-state index is -3.53. The molecule has 0 bridgehead atoms. The molecule has 2 aromatic rings. The lowest BCUT2D eigenvalue weighted by Crippen LogP contribution is -2.42. The number of piperidine rings is 1. The molecule has 2 atom stereocenters. The number of hydrogen-bond donors (Lipinski definition) is 1. The Morgan fingerprint density at radius 3 is 2.48 bits per heavy atom. The molecule has 4 rings (SSSR count). The Balaban J connectivity index is 1.44. The number of nitrogens with one attached hydrogen (secondary N) is 1. The number of nitrogens with zero attached hydrogens (tertiary/aromatic N) is 1. The van der Waals surface area contributed by atoms with Crippen LogP contribution < -0.4 is 5.32 Å². The van der Waals surface area contributed by atoms with Crippen molar-refractivity contribution in [2.75, 3.05) is 19.6 Å². The van der Waals surface area contributed by atoms with Crippen molar-refractivity contribution in [3.63, 3.8) is 0 Å². The average molecular weight is 439 g/mol. The molecule has 164 valence electrons. The van der Waals surface area contributed by atoms with Gasteiger partial charge in [0.15, 0.2) is 0 Å². The highest BCUT2D eigenvalue weighted by Gasteiger charge is 2.32. The molecule has 0 spiro atoms. The molecule has 0 saturated carbocycles. The lowest BCUT2D eigenvalue weighted by atomic mass is 9.94. The molecule has 1 fully saturated rings. The quantitative estimate of drug-likeness (QED) is 0.749. The molecule has 6 heteroatoms. The Morgan fingerprint density at radius 1 is 1.06 bits per heavy atom. The third kappa shape index (κ3) is 4.91. The van der Waals surface area contributed by atoms with Gasteiger partial charge in [-0.25, -0.2) is 8.42 Å². The maximum Gasteiger partial charge on any atom is 0.247 e. The molecular formula is C25H30N2O3S. The van der Waals surface area contributed by atoms with E-state index < -0.39 is 10.0 Å². The summed E-state index contributed by atoms with van der Waals surface area (Å²) in [5, 5.41) is 2.98. The van der Waals surface area contributed by atoms with Gasteiger partial charge in [-0.15, -0.1) is 0 Å². The maximum absolute atomic E-state index is 13.2. The minimum Gasteiger partial charge on any atom is -0.352 e. The van der Waals surface area contributed by atoms with Gasteiger partial charge in [0.1, 0.15) is 0 Å². The Morgan fingerprint density at radius 2 is 1.77 bits per heavy atom. The molecule has 5 nitrogen and oxygen atoms in total. The zero-order valence-electron chi connectivity index (χ0n) is 18.2. The average Bonchev–Trinajstić information content (AvgIpc) is 3.17. The van der Waals surface area contributed by atoms with Crippen LogP contribution in [0.1, 0.15) is 37.0 Å². The van der Waals surface area contributed by atoms with Gasteiger partial charge in [0.05, 0.1) is 4.90 Å². The molecule has 2 aromatic carbocycles. The van der Waals surface area contributed by atoms with Crippen molar-refractivity contribution in [3.8, 4) is 0 Å². The van der Waals surface area contributed by atoms with E-state index in [1.54, 1.807) is 16.4 Å². The maximum atomic E-state index is 13.2. The van der Waals surface area contributed by atoms with Gasteiger partial charge in [-0.2, -0.15) is 4.31 Å². The fourth-order valence-corrected chi connectivity index (χ4v) is 6.36. The van der Waals surface area contributed by atoms with Crippen LogP contribution in [-0.2, 0) is 27.7 Å². The van der Waals surface area contributed by atoms with E-state index in [9.17, 15) is 13.2 Å². The molecule has 1 amide bonds. The summed E-state index contributed by atoms with van der Waals surface area (Å²) in [5.41, 5.74) is 3.68. The predicted octanol–water partition coefficient (Wildman–Crippen LogP) is 3.65. The van der Waals surface area contributed by atoms with Crippen LogP contribution in [-0.4, -0.2) is 38.3 Å². The highest BCUT2D eigenvalue weighted by molar-refractivity contribution is 7.89. The second-order valence-corrected chi connectivity index (χ2v) is 10.9. The third-order valence-electron chi connectivity index (χ3n) is 6.13. The molecule has 1 heterocycles. The first kappa shape index (κ1) is 21.8. The van der Waals surface area contributed by atoms with E-state index >= 15 is 0 Å². The fourth-order valence-electron chi connectivity index (χ4n) is 4.65. The van der Waals surface area contributed by atoms with Crippen molar-refractivity contribution in [1.82, 2.24) is 9.62 Å². The normalized spacial score (nSPS) is 21.4. The summed E-state index contributed by atoms with van der Waals surface area (Å²) < 4.78 is 28.0. The van der Waals surface area contributed by atoms with Crippen LogP contribution in [0.15, 0.2) is 59.0 Å². The van der Waals surface area contributed by atoms with E-state index in [1.165, 1.54) is 5.56 Å². The van der Waals surface area contributed by atoms with Crippen LogP contribution >= 0.6 is 0 Å². The van der Waals surface area contributed by atoms with E-state index in [-0.39, 0.29) is 5.91 Å². The zero-order chi connectivity index (χ0) is 22.0. The Labute approximate surface area is 185 Å². The van der Waals surface area contributed by atoms with Crippen molar-refractivity contribution >= 4 is 22.0 Å². The second kappa shape index (κ2) is 8.97. The lowest BCUT2D eigenvalue weighted by molar-refractivity contribution is -0.117. The number of benzene rings is 2. The SMILES string of the molecule is CC1CC(C)CN(S(=O)(=O)c2ccc3c(c2)C=C(C(=O)NCCc2ccccc2)C3)C1. The van der Waals surface area contributed by atoms with Crippen molar-refractivity contribution in [2.24, 2.45) is 11.8 Å². The van der Waals surface area contributed by atoms with Crippen molar-refractivity contribution in [3.05, 3.63) is 70.8 Å². The third-order valence-corrected chi connectivity index (χ3v) is 7.96. The highest BCUT2D eigenvalue weighted by Crippen LogP contribution is 2.31. The first-order chi connectivity index (χ1) is 14.8. The molecule has 2 aliphatic rings. The summed E-state index contributed by atoms with van der Waals surface area (Å²) in [6.45, 7) is 5.91. The van der Waals surface area contributed by atoms with Crippen LogP contribution in [0.3, 0.4) is 0 Å². The van der Waals surface area contributed by atoms with Crippen LogP contribution in [0.25, 0.3) is 6.08 Å². The molecule has 0 radical (unpaired) electrons. The van der Waals surface area contributed by atoms with Gasteiger partial charge < -0.3 is 5.32 Å². The van der Waals surface area contributed by atoms with E-state index in [2.05, 4.69) is 19.2 Å². The van der Waals surface area contributed by atoms with Gasteiger partial charge >= 0.3 is 0 Å². The molecular weight excluding hydrogens is 408 g/mol. The van der Waals surface area contributed by atoms with Crippen LogP contribution in [0.2, 0.25) is 0 Å². The van der Waals surface area contributed by atoms with Gasteiger partial charge in [-0.1, -0.05) is 50.2 Å². The Kier molecular flexibility index (Phi) is 6.30. The van der Waals surface area contributed by atoms with Gasteiger partial charge in [-0.05, 0) is 59.6 Å². The van der Waals surface area contributed by atoms with Gasteiger partial charge in [0, 0.05) is 31.6 Å². The molecule has 1 N–H and O–H groups in total. The summed E-state index contributed by atoms with van der Waals surface area (Å²) in [5.74, 6) is 0.633. The van der Waals surface area contributed by atoms with Crippen LogP contribution in [0.5, 0.6) is 0 Å². The molecule has 1 saturated heterocycles. The standard InChI is InChI=1S/C25H30N2O3S/c1-18-12-19(2)17-27(16-18)31(29,30)24-9-8-21-13-23(14-22(21)15-24)25(28)26-11-10-20-6-4-3-5-7-20/h3-9,14-15,18-19H,10-13,16-17H2,1-2H3,(H,26,28). The molecule has 1 aliphatic carbocycles. The van der Waals surface area contributed by atoms with E-state index in [4.69, 9.17) is 0 Å². The lowest BCUT2D eigenvalue weighted by Gasteiger charge is -2.34.